The predicted molar refractivity (Wildman–Crippen MR) is 142 cm³/mol. The molecule has 0 heterocycles. The average Bonchev–Trinajstić information content (AvgIpc) is 3.08. The Morgan fingerprint density at radius 2 is 1.56 bits per heavy atom. The molecule has 4 saturated carbocycles. The van der Waals surface area contributed by atoms with Gasteiger partial charge in [-0.1, -0.05) is 58.4 Å². The molecule has 4 aliphatic carbocycles. The van der Waals surface area contributed by atoms with Crippen molar-refractivity contribution in [1.82, 2.24) is 0 Å². The molecule has 4 rings (SSSR count). The van der Waals surface area contributed by atoms with Gasteiger partial charge in [0.2, 0.25) is 0 Å². The molecule has 192 valence electrons. The maximum absolute atomic E-state index is 11.8. The number of hydrogen-bond donors (Lipinski definition) is 0. The summed E-state index contributed by atoms with van der Waals surface area (Å²) in [5, 5.41) is 0. The van der Waals surface area contributed by atoms with Crippen LogP contribution in [-0.4, -0.2) is 12.1 Å². The van der Waals surface area contributed by atoms with Gasteiger partial charge < -0.3 is 4.74 Å². The van der Waals surface area contributed by atoms with Gasteiger partial charge in [-0.2, -0.15) is 0 Å². The zero-order valence-electron chi connectivity index (χ0n) is 23.6. The fraction of sp³-hybridized carbons (Fsp3) is 0.844. The Morgan fingerprint density at radius 1 is 0.882 bits per heavy atom. The molecule has 0 aromatic heterocycles. The van der Waals surface area contributed by atoms with E-state index in [1.165, 1.54) is 56.1 Å². The minimum Gasteiger partial charge on any atom is -0.462 e. The molecular formula is C32H52O2. The van der Waals surface area contributed by atoms with Crippen LogP contribution in [0, 0.1) is 45.3 Å². The van der Waals surface area contributed by atoms with E-state index >= 15 is 0 Å². The molecule has 1 unspecified atom stereocenters. The number of fused-ring (bicyclic) bond motifs is 5. The van der Waals surface area contributed by atoms with Crippen molar-refractivity contribution in [3.63, 3.8) is 0 Å². The van der Waals surface area contributed by atoms with Crippen LogP contribution in [-0.2, 0) is 9.53 Å². The zero-order chi connectivity index (χ0) is 25.1. The van der Waals surface area contributed by atoms with Crippen molar-refractivity contribution >= 4 is 5.97 Å². The summed E-state index contributed by atoms with van der Waals surface area (Å²) < 4.78 is 5.89. The number of rotatable bonds is 5. The fourth-order valence-corrected chi connectivity index (χ4v) is 10.4. The van der Waals surface area contributed by atoms with Crippen molar-refractivity contribution in [3.8, 4) is 0 Å². The van der Waals surface area contributed by atoms with E-state index in [0.29, 0.717) is 22.2 Å². The third-order valence-electron chi connectivity index (χ3n) is 12.2. The van der Waals surface area contributed by atoms with Crippen LogP contribution in [0.5, 0.6) is 0 Å². The maximum atomic E-state index is 11.8. The highest BCUT2D eigenvalue weighted by atomic mass is 16.5. The molecule has 0 radical (unpaired) electrons. The van der Waals surface area contributed by atoms with Gasteiger partial charge in [0.25, 0.3) is 0 Å². The van der Waals surface area contributed by atoms with Crippen LogP contribution < -0.4 is 0 Å². The summed E-state index contributed by atoms with van der Waals surface area (Å²) in [6.07, 6.45) is 15.1. The van der Waals surface area contributed by atoms with Gasteiger partial charge in [-0.05, 0) is 118 Å². The molecule has 2 heteroatoms. The van der Waals surface area contributed by atoms with Gasteiger partial charge in [-0.15, -0.1) is 0 Å². The van der Waals surface area contributed by atoms with Crippen LogP contribution in [0.25, 0.3) is 0 Å². The number of carbonyl (C=O) groups is 1. The smallest absolute Gasteiger partial charge is 0.302 e. The molecule has 0 bridgehead atoms. The monoisotopic (exact) mass is 468 g/mol. The fourth-order valence-electron chi connectivity index (χ4n) is 10.4. The SMILES string of the molecule is C=C(CCC=C(C)C)[C@H]1CC[C@]2(C)[C@@H]1CC[C@@H]1[C@@]3(C)CC[C@H](OC(C)=O)C(C)(C)C3CC[C@]12C. The molecule has 4 fully saturated rings. The van der Waals surface area contributed by atoms with Crippen LogP contribution in [0.15, 0.2) is 23.8 Å². The Balaban J connectivity index is 1.57. The first-order valence-electron chi connectivity index (χ1n) is 14.3. The molecule has 4 aliphatic rings. The van der Waals surface area contributed by atoms with Gasteiger partial charge in [-0.25, -0.2) is 0 Å². The van der Waals surface area contributed by atoms with Crippen molar-refractivity contribution < 1.29 is 9.53 Å². The highest BCUT2D eigenvalue weighted by molar-refractivity contribution is 5.66. The third kappa shape index (κ3) is 3.85. The summed E-state index contributed by atoms with van der Waals surface area (Å²) in [7, 11) is 0. The van der Waals surface area contributed by atoms with Crippen molar-refractivity contribution in [1.29, 1.82) is 0 Å². The van der Waals surface area contributed by atoms with E-state index in [4.69, 9.17) is 4.74 Å². The minimum atomic E-state index is -0.114. The molecule has 0 spiro atoms. The number of esters is 1. The molecular weight excluding hydrogens is 416 g/mol. The predicted octanol–water partition coefficient (Wildman–Crippen LogP) is 8.91. The topological polar surface area (TPSA) is 26.3 Å². The molecule has 0 aromatic rings. The van der Waals surface area contributed by atoms with E-state index < -0.39 is 0 Å². The van der Waals surface area contributed by atoms with Crippen LogP contribution in [0.2, 0.25) is 0 Å². The van der Waals surface area contributed by atoms with Crippen molar-refractivity contribution in [2.24, 2.45) is 45.3 Å². The van der Waals surface area contributed by atoms with Crippen LogP contribution >= 0.6 is 0 Å². The van der Waals surface area contributed by atoms with Crippen LogP contribution in [0.4, 0.5) is 0 Å². The van der Waals surface area contributed by atoms with Crippen LogP contribution in [0.1, 0.15) is 120 Å². The van der Waals surface area contributed by atoms with Gasteiger partial charge in [0.1, 0.15) is 6.10 Å². The van der Waals surface area contributed by atoms with Crippen LogP contribution in [0.3, 0.4) is 0 Å². The number of allylic oxidation sites excluding steroid dienone is 3. The van der Waals surface area contributed by atoms with Gasteiger partial charge in [0.15, 0.2) is 0 Å². The normalized spacial score (nSPS) is 44.9. The number of carbonyl (C=O) groups excluding carboxylic acids is 1. The first kappa shape index (κ1) is 26.0. The second-order valence-electron chi connectivity index (χ2n) is 14.3. The van der Waals surface area contributed by atoms with Crippen molar-refractivity contribution in [2.45, 2.75) is 126 Å². The molecule has 0 aromatic carbocycles. The highest BCUT2D eigenvalue weighted by Gasteiger charge is 2.68. The van der Waals surface area contributed by atoms with E-state index in [2.05, 4.69) is 61.1 Å². The van der Waals surface area contributed by atoms with E-state index in [1.54, 1.807) is 6.92 Å². The van der Waals surface area contributed by atoms with Gasteiger partial charge in [-0.3, -0.25) is 4.79 Å². The minimum absolute atomic E-state index is 0.0508. The highest BCUT2D eigenvalue weighted by Crippen LogP contribution is 2.75. The Labute approximate surface area is 210 Å². The molecule has 34 heavy (non-hydrogen) atoms. The molecule has 0 amide bonds. The molecule has 8 atom stereocenters. The van der Waals surface area contributed by atoms with E-state index in [-0.39, 0.29) is 17.5 Å². The summed E-state index contributed by atoms with van der Waals surface area (Å²) in [5.41, 5.74) is 4.17. The van der Waals surface area contributed by atoms with Gasteiger partial charge >= 0.3 is 5.97 Å². The summed E-state index contributed by atoms with van der Waals surface area (Å²) in [5.74, 6) is 2.81. The molecule has 0 saturated heterocycles. The molecule has 0 aliphatic heterocycles. The Bertz CT molecular complexity index is 847. The Kier molecular flexibility index (Phi) is 6.74. The lowest BCUT2D eigenvalue weighted by Gasteiger charge is -2.70. The summed E-state index contributed by atoms with van der Waals surface area (Å²) >= 11 is 0. The summed E-state index contributed by atoms with van der Waals surface area (Å²) in [4.78, 5) is 11.8. The summed E-state index contributed by atoms with van der Waals surface area (Å²) in [6, 6.07) is 0. The second kappa shape index (κ2) is 8.81. The lowest BCUT2D eigenvalue weighted by atomic mass is 9.35. The van der Waals surface area contributed by atoms with E-state index in [1.807, 2.05) is 0 Å². The van der Waals surface area contributed by atoms with Crippen molar-refractivity contribution in [3.05, 3.63) is 23.8 Å². The number of hydrogen-bond acceptors (Lipinski definition) is 2. The van der Waals surface area contributed by atoms with Crippen molar-refractivity contribution in [2.75, 3.05) is 0 Å². The van der Waals surface area contributed by atoms with E-state index in [0.717, 1.165) is 37.0 Å². The summed E-state index contributed by atoms with van der Waals surface area (Å²) in [6.45, 7) is 23.4. The zero-order valence-corrected chi connectivity index (χ0v) is 23.6. The van der Waals surface area contributed by atoms with Gasteiger partial charge in [0, 0.05) is 12.3 Å². The third-order valence-corrected chi connectivity index (χ3v) is 12.2. The Morgan fingerprint density at radius 3 is 2.21 bits per heavy atom. The largest absolute Gasteiger partial charge is 0.462 e. The number of ether oxygens (including phenoxy) is 1. The van der Waals surface area contributed by atoms with E-state index in [9.17, 15) is 4.79 Å². The second-order valence-corrected chi connectivity index (χ2v) is 14.3. The lowest BCUT2D eigenvalue weighted by Crippen LogP contribution is -2.64. The Hall–Kier alpha value is -1.05. The standard InChI is InChI=1S/C32H52O2/c1-21(2)11-10-12-22(3)24-15-19-31(8)25(24)13-14-27-30(7)18-17-28(34-23(4)33)29(5,6)26(30)16-20-32(27,31)9/h11,24-28H,3,10,12-20H2,1-2,4-9H3/t24-,25-,26?,27-,28+,30+,31-,32-/m1/s1. The average molecular weight is 469 g/mol. The van der Waals surface area contributed by atoms with Gasteiger partial charge in [0.05, 0.1) is 0 Å². The molecule has 0 N–H and O–H groups in total. The quantitative estimate of drug-likeness (QED) is 0.297. The lowest BCUT2D eigenvalue weighted by molar-refractivity contribution is -0.226. The maximum Gasteiger partial charge on any atom is 0.302 e. The first-order valence-corrected chi connectivity index (χ1v) is 14.3. The molecule has 2 nitrogen and oxygen atoms in total. The first-order chi connectivity index (χ1) is 15.8.